The Morgan fingerprint density at radius 3 is 2.54 bits per heavy atom. The fourth-order valence-corrected chi connectivity index (χ4v) is 3.19. The third-order valence-corrected chi connectivity index (χ3v) is 4.69. The summed E-state index contributed by atoms with van der Waals surface area (Å²) in [6, 6.07) is 7.44. The van der Waals surface area contributed by atoms with Gasteiger partial charge in [-0.15, -0.1) is 24.8 Å². The lowest BCUT2D eigenvalue weighted by molar-refractivity contribution is -0.126. The Balaban J connectivity index is 0.00000364. The smallest absolute Gasteiger partial charge is 0.246 e. The number of nitrogens with two attached hydrogens (primary N) is 1. The van der Waals surface area contributed by atoms with Gasteiger partial charge in [0.15, 0.2) is 0 Å². The standard InChI is InChI=1S/C20H32N4O2.2ClH/c1-2-3-10-18(23-19(25)11-7-12-21)20(26)22-16-8-6-9-17(15-16)24-13-4-5-14-24;;/h6,8-9,15,18H,2-5,7,10-14,21H2,1H3,(H,22,26)(H,23,25);2*1H. The molecule has 0 saturated carbocycles. The highest BCUT2D eigenvalue weighted by Gasteiger charge is 2.20. The van der Waals surface area contributed by atoms with Gasteiger partial charge in [0.05, 0.1) is 0 Å². The number of hydrogen-bond donors (Lipinski definition) is 3. The van der Waals surface area contributed by atoms with Crippen molar-refractivity contribution in [1.82, 2.24) is 5.32 Å². The monoisotopic (exact) mass is 432 g/mol. The lowest BCUT2D eigenvalue weighted by atomic mass is 10.1. The largest absolute Gasteiger partial charge is 0.371 e. The topological polar surface area (TPSA) is 87.5 Å². The Kier molecular flexibility index (Phi) is 13.7. The molecule has 2 rings (SSSR count). The highest BCUT2D eigenvalue weighted by Crippen LogP contribution is 2.23. The summed E-state index contributed by atoms with van der Waals surface area (Å²) in [7, 11) is 0. The van der Waals surface area contributed by atoms with Gasteiger partial charge in [-0.25, -0.2) is 0 Å². The Morgan fingerprint density at radius 1 is 1.18 bits per heavy atom. The van der Waals surface area contributed by atoms with E-state index >= 15 is 0 Å². The molecule has 8 heteroatoms. The Bertz CT molecular complexity index is 595. The van der Waals surface area contributed by atoms with Crippen LogP contribution in [-0.4, -0.2) is 37.5 Å². The van der Waals surface area contributed by atoms with Crippen LogP contribution in [0.25, 0.3) is 0 Å². The number of benzene rings is 1. The number of anilines is 2. The van der Waals surface area contributed by atoms with E-state index in [0.29, 0.717) is 25.8 Å². The van der Waals surface area contributed by atoms with Crippen molar-refractivity contribution in [2.45, 2.75) is 57.9 Å². The van der Waals surface area contributed by atoms with Gasteiger partial charge in [-0.3, -0.25) is 9.59 Å². The van der Waals surface area contributed by atoms with E-state index in [9.17, 15) is 9.59 Å². The van der Waals surface area contributed by atoms with E-state index < -0.39 is 6.04 Å². The zero-order valence-electron chi connectivity index (χ0n) is 16.6. The van der Waals surface area contributed by atoms with Crippen molar-refractivity contribution in [3.05, 3.63) is 24.3 Å². The van der Waals surface area contributed by atoms with Crippen LogP contribution in [0.2, 0.25) is 0 Å². The van der Waals surface area contributed by atoms with E-state index in [-0.39, 0.29) is 36.6 Å². The number of carbonyl (C=O) groups excluding carboxylic acids is 2. The van der Waals surface area contributed by atoms with Crippen LogP contribution in [0, 0.1) is 0 Å². The maximum absolute atomic E-state index is 12.7. The molecule has 1 aromatic rings. The summed E-state index contributed by atoms with van der Waals surface area (Å²) >= 11 is 0. The van der Waals surface area contributed by atoms with Crippen LogP contribution in [0.15, 0.2) is 24.3 Å². The molecule has 0 radical (unpaired) electrons. The van der Waals surface area contributed by atoms with Crippen molar-refractivity contribution in [3.63, 3.8) is 0 Å². The summed E-state index contributed by atoms with van der Waals surface area (Å²) in [4.78, 5) is 27.0. The minimum atomic E-state index is -0.504. The van der Waals surface area contributed by atoms with Gasteiger partial charge in [0.25, 0.3) is 0 Å². The molecule has 0 spiro atoms. The molecule has 1 aromatic carbocycles. The Labute approximate surface area is 180 Å². The first kappa shape index (κ1) is 26.5. The first-order chi connectivity index (χ1) is 12.6. The minimum absolute atomic E-state index is 0. The third kappa shape index (κ3) is 8.67. The summed E-state index contributed by atoms with van der Waals surface area (Å²) in [5.74, 6) is -0.268. The number of nitrogens with zero attached hydrogens (tertiary/aromatic N) is 1. The molecule has 4 N–H and O–H groups in total. The third-order valence-electron chi connectivity index (χ3n) is 4.69. The van der Waals surface area contributed by atoms with E-state index in [1.807, 2.05) is 18.2 Å². The van der Waals surface area contributed by atoms with Gasteiger partial charge in [-0.05, 0) is 50.4 Å². The number of carbonyl (C=O) groups is 2. The van der Waals surface area contributed by atoms with E-state index in [2.05, 4.69) is 28.5 Å². The van der Waals surface area contributed by atoms with E-state index in [4.69, 9.17) is 5.73 Å². The molecule has 1 heterocycles. The second-order valence-corrected chi connectivity index (χ2v) is 6.89. The lowest BCUT2D eigenvalue weighted by Crippen LogP contribution is -2.43. The maximum Gasteiger partial charge on any atom is 0.246 e. The molecule has 28 heavy (non-hydrogen) atoms. The predicted octanol–water partition coefficient (Wildman–Crippen LogP) is 3.48. The SMILES string of the molecule is CCCCC(NC(=O)CCCN)C(=O)Nc1cccc(N2CCCC2)c1.Cl.Cl. The van der Waals surface area contributed by atoms with Crippen LogP contribution in [0.4, 0.5) is 11.4 Å². The number of hydrogen-bond acceptors (Lipinski definition) is 4. The molecule has 160 valence electrons. The maximum atomic E-state index is 12.7. The van der Waals surface area contributed by atoms with Gasteiger partial charge >= 0.3 is 0 Å². The lowest BCUT2D eigenvalue weighted by Gasteiger charge is -2.20. The highest BCUT2D eigenvalue weighted by atomic mass is 35.5. The first-order valence-electron chi connectivity index (χ1n) is 9.79. The quantitative estimate of drug-likeness (QED) is 0.527. The van der Waals surface area contributed by atoms with Crippen LogP contribution < -0.4 is 21.3 Å². The molecule has 6 nitrogen and oxygen atoms in total. The van der Waals surface area contributed by atoms with Crippen LogP contribution in [0.1, 0.15) is 51.9 Å². The zero-order chi connectivity index (χ0) is 18.8. The molecule has 1 aliphatic rings. The van der Waals surface area contributed by atoms with Crippen LogP contribution in [-0.2, 0) is 9.59 Å². The van der Waals surface area contributed by atoms with E-state index in [1.165, 1.54) is 12.8 Å². The van der Waals surface area contributed by atoms with Crippen molar-refractivity contribution in [3.8, 4) is 0 Å². The molecule has 0 bridgehead atoms. The van der Waals surface area contributed by atoms with Gasteiger partial charge in [0.1, 0.15) is 6.04 Å². The average Bonchev–Trinajstić information content (AvgIpc) is 3.18. The summed E-state index contributed by atoms with van der Waals surface area (Å²) < 4.78 is 0. The van der Waals surface area contributed by atoms with Crippen LogP contribution >= 0.6 is 24.8 Å². The summed E-state index contributed by atoms with van der Waals surface area (Å²) in [5, 5.41) is 5.83. The summed E-state index contributed by atoms with van der Waals surface area (Å²) in [6.45, 7) is 4.68. The second kappa shape index (κ2) is 14.5. The van der Waals surface area contributed by atoms with Crippen molar-refractivity contribution in [1.29, 1.82) is 0 Å². The molecule has 1 fully saturated rings. The minimum Gasteiger partial charge on any atom is -0.371 e. The molecule has 1 atom stereocenters. The molecule has 0 aromatic heterocycles. The predicted molar refractivity (Wildman–Crippen MR) is 121 cm³/mol. The first-order valence-corrected chi connectivity index (χ1v) is 9.79. The van der Waals surface area contributed by atoms with Crippen LogP contribution in [0.3, 0.4) is 0 Å². The molecule has 1 saturated heterocycles. The molecule has 0 aliphatic carbocycles. The summed E-state index contributed by atoms with van der Waals surface area (Å²) in [5.41, 5.74) is 7.36. The fourth-order valence-electron chi connectivity index (χ4n) is 3.19. The van der Waals surface area contributed by atoms with Gasteiger partial charge < -0.3 is 21.3 Å². The fraction of sp³-hybridized carbons (Fsp3) is 0.600. The highest BCUT2D eigenvalue weighted by molar-refractivity contribution is 5.97. The van der Waals surface area contributed by atoms with E-state index in [1.54, 1.807) is 0 Å². The number of rotatable bonds is 10. The van der Waals surface area contributed by atoms with Crippen molar-refractivity contribution < 1.29 is 9.59 Å². The van der Waals surface area contributed by atoms with Crippen molar-refractivity contribution >= 4 is 48.0 Å². The molecule has 1 aliphatic heterocycles. The Hall–Kier alpha value is -1.50. The molecular formula is C20H34Cl2N4O2. The molecular weight excluding hydrogens is 399 g/mol. The van der Waals surface area contributed by atoms with Gasteiger partial charge in [0.2, 0.25) is 11.8 Å². The number of halogens is 2. The molecule has 1 unspecified atom stereocenters. The number of amides is 2. The normalized spacial score (nSPS) is 13.9. The van der Waals surface area contributed by atoms with E-state index in [0.717, 1.165) is 37.3 Å². The van der Waals surface area contributed by atoms with Crippen molar-refractivity contribution in [2.24, 2.45) is 5.73 Å². The molecule has 2 amide bonds. The Morgan fingerprint density at radius 2 is 1.89 bits per heavy atom. The summed E-state index contributed by atoms with van der Waals surface area (Å²) in [6.07, 6.45) is 5.93. The second-order valence-electron chi connectivity index (χ2n) is 6.89. The number of nitrogens with one attached hydrogen (secondary N) is 2. The van der Waals surface area contributed by atoms with Crippen molar-refractivity contribution in [2.75, 3.05) is 29.9 Å². The van der Waals surface area contributed by atoms with Crippen LogP contribution in [0.5, 0.6) is 0 Å². The van der Waals surface area contributed by atoms with Gasteiger partial charge in [-0.2, -0.15) is 0 Å². The van der Waals surface area contributed by atoms with Gasteiger partial charge in [0, 0.05) is 30.9 Å². The zero-order valence-corrected chi connectivity index (χ0v) is 18.2. The number of unbranched alkanes of at least 4 members (excludes halogenated alkanes) is 1. The van der Waals surface area contributed by atoms with Gasteiger partial charge in [-0.1, -0.05) is 25.8 Å². The average molecular weight is 433 g/mol.